The Balaban J connectivity index is 2.27. The maximum Gasteiger partial charge on any atom is 0.0832 e. The molecule has 90 valence electrons. The summed E-state index contributed by atoms with van der Waals surface area (Å²) >= 11 is 11.6. The van der Waals surface area contributed by atoms with Gasteiger partial charge in [0.15, 0.2) is 0 Å². The lowest BCUT2D eigenvalue weighted by atomic mass is 10.2. The second-order valence-corrected chi connectivity index (χ2v) is 4.69. The van der Waals surface area contributed by atoms with Gasteiger partial charge in [-0.1, -0.05) is 22.9 Å². The molecule has 1 aromatic carbocycles. The fourth-order valence-corrected chi connectivity index (χ4v) is 1.91. The van der Waals surface area contributed by atoms with Crippen LogP contribution in [0.3, 0.4) is 0 Å². The highest BCUT2D eigenvalue weighted by Gasteiger charge is 2.05. The Bertz CT molecular complexity index is 508. The summed E-state index contributed by atoms with van der Waals surface area (Å²) in [6.45, 7) is 2.02. The van der Waals surface area contributed by atoms with E-state index in [2.05, 4.69) is 10.3 Å². The molecule has 17 heavy (non-hydrogen) atoms. The van der Waals surface area contributed by atoms with Crippen LogP contribution in [0, 0.1) is 6.92 Å². The van der Waals surface area contributed by atoms with E-state index < -0.39 is 0 Å². The Morgan fingerprint density at radius 2 is 2.18 bits per heavy atom. The molecule has 0 spiro atoms. The minimum atomic E-state index is 0.642. The first kappa shape index (κ1) is 12.4. The average molecular weight is 270 g/mol. The van der Waals surface area contributed by atoms with Crippen LogP contribution >= 0.6 is 23.2 Å². The molecule has 0 unspecified atom stereocenters. The number of aryl methyl sites for hydroxylation is 2. The number of rotatable bonds is 4. The summed E-state index contributed by atoms with van der Waals surface area (Å²) < 4.78 is 1.75. The highest BCUT2D eigenvalue weighted by Crippen LogP contribution is 2.18. The fourth-order valence-electron chi connectivity index (χ4n) is 1.61. The summed E-state index contributed by atoms with van der Waals surface area (Å²) in [6, 6.07) is 5.72. The second kappa shape index (κ2) is 5.52. The predicted octanol–water partition coefficient (Wildman–Crippen LogP) is 3.40. The zero-order valence-electron chi connectivity index (χ0n) is 9.53. The molecule has 2 aromatic rings. The van der Waals surface area contributed by atoms with Crippen LogP contribution in [-0.4, -0.2) is 20.9 Å². The maximum atomic E-state index is 5.98. The lowest BCUT2D eigenvalue weighted by Crippen LogP contribution is -1.97. The molecule has 1 aromatic heterocycles. The first-order valence-electron chi connectivity index (χ1n) is 5.44. The molecular weight excluding hydrogens is 257 g/mol. The Hall–Kier alpha value is -1.06. The van der Waals surface area contributed by atoms with Crippen LogP contribution in [0.5, 0.6) is 0 Å². The summed E-state index contributed by atoms with van der Waals surface area (Å²) in [6.07, 6.45) is 3.68. The van der Waals surface area contributed by atoms with E-state index in [4.69, 9.17) is 23.2 Å². The summed E-state index contributed by atoms with van der Waals surface area (Å²) in [7, 11) is 0. The molecule has 0 saturated heterocycles. The molecule has 0 fully saturated rings. The second-order valence-electron chi connectivity index (χ2n) is 3.88. The Labute approximate surface area is 110 Å². The van der Waals surface area contributed by atoms with Crippen LogP contribution in [0.4, 0.5) is 0 Å². The van der Waals surface area contributed by atoms with Crippen LogP contribution in [0.1, 0.15) is 17.7 Å². The quantitative estimate of drug-likeness (QED) is 0.797. The van der Waals surface area contributed by atoms with Crippen molar-refractivity contribution < 1.29 is 0 Å². The van der Waals surface area contributed by atoms with Crippen molar-refractivity contribution in [1.29, 1.82) is 0 Å². The van der Waals surface area contributed by atoms with Crippen molar-refractivity contribution in [3.63, 3.8) is 0 Å². The van der Waals surface area contributed by atoms with Crippen LogP contribution in [-0.2, 0) is 6.42 Å². The molecule has 0 radical (unpaired) electrons. The summed E-state index contributed by atoms with van der Waals surface area (Å²) in [5, 5.41) is 8.92. The van der Waals surface area contributed by atoms with Crippen LogP contribution in [0.15, 0.2) is 24.4 Å². The van der Waals surface area contributed by atoms with Crippen molar-refractivity contribution >= 4 is 23.2 Å². The molecule has 1 heterocycles. The van der Waals surface area contributed by atoms with E-state index in [0.29, 0.717) is 10.9 Å². The smallest absolute Gasteiger partial charge is 0.0832 e. The first-order chi connectivity index (χ1) is 8.20. The van der Waals surface area contributed by atoms with Gasteiger partial charge in [-0.25, -0.2) is 4.68 Å². The van der Waals surface area contributed by atoms with Crippen molar-refractivity contribution in [1.82, 2.24) is 15.0 Å². The molecule has 0 aliphatic heterocycles. The third-order valence-electron chi connectivity index (χ3n) is 2.53. The molecule has 3 nitrogen and oxygen atoms in total. The van der Waals surface area contributed by atoms with E-state index in [9.17, 15) is 0 Å². The van der Waals surface area contributed by atoms with Crippen LogP contribution in [0.2, 0.25) is 5.02 Å². The van der Waals surface area contributed by atoms with Gasteiger partial charge in [0.05, 0.1) is 17.6 Å². The highest BCUT2D eigenvalue weighted by atomic mass is 35.5. The molecule has 0 aliphatic rings. The van der Waals surface area contributed by atoms with Crippen LogP contribution < -0.4 is 0 Å². The van der Waals surface area contributed by atoms with Gasteiger partial charge in [0.1, 0.15) is 0 Å². The number of aromatic nitrogens is 3. The number of hydrogen-bond acceptors (Lipinski definition) is 2. The number of benzene rings is 1. The molecule has 0 atom stereocenters. The van der Waals surface area contributed by atoms with E-state index >= 15 is 0 Å². The largest absolute Gasteiger partial charge is 0.220 e. The third-order valence-corrected chi connectivity index (χ3v) is 3.03. The van der Waals surface area contributed by atoms with E-state index in [1.807, 2.05) is 31.3 Å². The summed E-state index contributed by atoms with van der Waals surface area (Å²) in [5.41, 5.74) is 3.02. The van der Waals surface area contributed by atoms with Gasteiger partial charge in [0.2, 0.25) is 0 Å². The van der Waals surface area contributed by atoms with Crippen LogP contribution in [0.25, 0.3) is 5.69 Å². The minimum absolute atomic E-state index is 0.642. The summed E-state index contributed by atoms with van der Waals surface area (Å²) in [5.74, 6) is 0.642. The van der Waals surface area contributed by atoms with Crippen molar-refractivity contribution in [3.8, 4) is 5.69 Å². The normalized spacial score (nSPS) is 10.8. The van der Waals surface area contributed by atoms with E-state index in [1.165, 1.54) is 0 Å². The maximum absolute atomic E-state index is 5.98. The molecule has 2 rings (SSSR count). The van der Waals surface area contributed by atoms with Crippen molar-refractivity contribution in [2.45, 2.75) is 19.8 Å². The van der Waals surface area contributed by atoms with Gasteiger partial charge in [-0.2, -0.15) is 0 Å². The minimum Gasteiger partial charge on any atom is -0.220 e. The Morgan fingerprint density at radius 1 is 1.35 bits per heavy atom. The van der Waals surface area contributed by atoms with Gasteiger partial charge in [-0.3, -0.25) is 0 Å². The number of alkyl halides is 1. The number of halogens is 2. The molecule has 0 saturated carbocycles. The van der Waals surface area contributed by atoms with Gasteiger partial charge in [0, 0.05) is 10.9 Å². The number of hydrogen-bond donors (Lipinski definition) is 0. The zero-order valence-corrected chi connectivity index (χ0v) is 11.0. The van der Waals surface area contributed by atoms with E-state index in [0.717, 1.165) is 29.8 Å². The predicted molar refractivity (Wildman–Crippen MR) is 70.1 cm³/mol. The standard InChI is InChI=1S/C12H13Cl2N3/c1-9-4-5-10(14)7-12(9)17-8-11(15-16-17)3-2-6-13/h4-5,7-8H,2-3,6H2,1H3. The topological polar surface area (TPSA) is 30.7 Å². The monoisotopic (exact) mass is 269 g/mol. The van der Waals surface area contributed by atoms with Gasteiger partial charge in [-0.15, -0.1) is 16.7 Å². The first-order valence-corrected chi connectivity index (χ1v) is 6.35. The molecule has 0 N–H and O–H groups in total. The molecular formula is C12H13Cl2N3. The third kappa shape index (κ3) is 2.99. The summed E-state index contributed by atoms with van der Waals surface area (Å²) in [4.78, 5) is 0. The molecule has 0 aliphatic carbocycles. The van der Waals surface area contributed by atoms with Crippen molar-refractivity contribution in [3.05, 3.63) is 40.7 Å². The Morgan fingerprint density at radius 3 is 2.94 bits per heavy atom. The van der Waals surface area contributed by atoms with Gasteiger partial charge in [-0.05, 0) is 37.5 Å². The Kier molecular flexibility index (Phi) is 4.02. The van der Waals surface area contributed by atoms with Gasteiger partial charge >= 0.3 is 0 Å². The van der Waals surface area contributed by atoms with E-state index in [1.54, 1.807) is 4.68 Å². The molecule has 0 amide bonds. The van der Waals surface area contributed by atoms with Gasteiger partial charge < -0.3 is 0 Å². The SMILES string of the molecule is Cc1ccc(Cl)cc1-n1cc(CCCCl)nn1. The lowest BCUT2D eigenvalue weighted by molar-refractivity contribution is 0.788. The van der Waals surface area contributed by atoms with E-state index in [-0.39, 0.29) is 0 Å². The highest BCUT2D eigenvalue weighted by molar-refractivity contribution is 6.30. The van der Waals surface area contributed by atoms with Crippen molar-refractivity contribution in [2.75, 3.05) is 5.88 Å². The molecule has 0 bridgehead atoms. The zero-order chi connectivity index (χ0) is 12.3. The molecule has 5 heteroatoms. The van der Waals surface area contributed by atoms with Crippen molar-refractivity contribution in [2.24, 2.45) is 0 Å². The van der Waals surface area contributed by atoms with Gasteiger partial charge in [0.25, 0.3) is 0 Å². The fraction of sp³-hybridized carbons (Fsp3) is 0.333. The average Bonchev–Trinajstić information content (AvgIpc) is 2.78. The lowest BCUT2D eigenvalue weighted by Gasteiger charge is -2.04. The number of nitrogens with zero attached hydrogens (tertiary/aromatic N) is 3.